The van der Waals surface area contributed by atoms with E-state index in [1.807, 2.05) is 0 Å². The molecule has 6 aromatic carbocycles. The summed E-state index contributed by atoms with van der Waals surface area (Å²) in [6.07, 6.45) is -13.2. The summed E-state index contributed by atoms with van der Waals surface area (Å²) in [6.45, 7) is 0. The van der Waals surface area contributed by atoms with Gasteiger partial charge in [0.15, 0.2) is 140 Å². The van der Waals surface area contributed by atoms with Crippen LogP contribution < -0.4 is 9.80 Å². The normalized spacial score (nSPS) is 12.2. The molecule has 2 nitrogen and oxygen atoms in total. The number of benzene rings is 6. The number of alkyl halides is 6. The molecule has 0 aliphatic rings. The zero-order valence-corrected chi connectivity index (χ0v) is 32.0. The maximum absolute atomic E-state index is 16.1. The van der Waals surface area contributed by atoms with Crippen molar-refractivity contribution < 1.29 is 140 Å². The summed E-state index contributed by atoms with van der Waals surface area (Å²) in [5, 5.41) is 0. The van der Waals surface area contributed by atoms with Gasteiger partial charge in [-0.1, -0.05) is 0 Å². The smallest absolute Gasteiger partial charge is 0.294 e. The van der Waals surface area contributed by atoms with Gasteiger partial charge in [-0.05, 0) is 0 Å². The van der Waals surface area contributed by atoms with E-state index in [2.05, 4.69) is 0 Å². The maximum Gasteiger partial charge on any atom is 0.422 e. The lowest BCUT2D eigenvalue weighted by atomic mass is 9.98. The summed E-state index contributed by atoms with van der Waals surface area (Å²) in [7, 11) is 0. The van der Waals surface area contributed by atoms with Crippen LogP contribution in [0.4, 0.5) is 175 Å². The van der Waals surface area contributed by atoms with Crippen LogP contribution in [0.15, 0.2) is 0 Å². The van der Waals surface area contributed by atoms with Crippen LogP contribution >= 0.6 is 0 Å². The van der Waals surface area contributed by atoms with Gasteiger partial charge in [-0.2, -0.15) is 26.3 Å². The van der Waals surface area contributed by atoms with Gasteiger partial charge in [-0.25, -0.2) is 114 Å². The average Bonchev–Trinajstić information content (AvgIpc) is 3.29. The molecule has 0 bridgehead atoms. The van der Waals surface area contributed by atoms with E-state index in [9.17, 15) is 70.2 Å². The number of nitrogens with zero attached hydrogens (tertiary/aromatic N) is 2. The van der Waals surface area contributed by atoms with Gasteiger partial charge in [0.25, 0.3) is 0 Å². The molecule has 0 saturated heterocycles. The van der Waals surface area contributed by atoms with Crippen molar-refractivity contribution in [3.05, 3.63) is 162 Å². The predicted octanol–water partition coefficient (Wildman–Crippen LogP) is 15.9. The van der Waals surface area contributed by atoms with Crippen LogP contribution in [0.3, 0.4) is 0 Å². The summed E-state index contributed by atoms with van der Waals surface area (Å²) >= 11 is 0. The van der Waals surface area contributed by atoms with Gasteiger partial charge in [0.1, 0.15) is 45.3 Å². The van der Waals surface area contributed by atoms with Gasteiger partial charge in [0.2, 0.25) is 11.6 Å². The largest absolute Gasteiger partial charge is 0.422 e. The topological polar surface area (TPSA) is 6.48 Å². The maximum atomic E-state index is 16.1. The first-order chi connectivity index (χ1) is 32.9. The summed E-state index contributed by atoms with van der Waals surface area (Å²) < 4.78 is 475. The molecule has 6 aromatic rings. The molecule has 0 saturated carbocycles. The van der Waals surface area contributed by atoms with Crippen LogP contribution in [0.25, 0.3) is 11.1 Å². The quantitative estimate of drug-likeness (QED) is 0.0893. The lowest BCUT2D eigenvalue weighted by Gasteiger charge is -2.30. The standard InChI is InChI=1S/C38F32N2/c39-5-1(6(40)20(54)31(19(5)53)71(35-27(61)15(49)13(47)16(50)28(35)62)33-23(57)9(43)3(37(65,66)67)10(44)24(33)58)2-7(41)21(55)32(22(56)8(2)42)72(36-29(63)17(51)14(48)18(52)30(36)64)34-25(59)11(45)4(38(68,69)70)12(46)26(34)60. The number of hydrogen-bond acceptors (Lipinski definition) is 2. The number of rotatable bonds is 7. The highest BCUT2D eigenvalue weighted by Crippen LogP contribution is 2.53. The third kappa shape index (κ3) is 7.64. The molecule has 34 heteroatoms. The molecule has 0 aromatic heterocycles. The summed E-state index contributed by atoms with van der Waals surface area (Å²) in [6, 6.07) is 0. The van der Waals surface area contributed by atoms with Crippen molar-refractivity contribution in [1.29, 1.82) is 0 Å². The molecule has 0 spiro atoms. The average molecular weight is 1090 g/mol. The Hall–Kier alpha value is -7.32. The van der Waals surface area contributed by atoms with Crippen molar-refractivity contribution in [1.82, 2.24) is 0 Å². The Kier molecular flexibility index (Phi) is 13.3. The molecule has 0 aliphatic heterocycles. The zero-order chi connectivity index (χ0) is 54.9. The van der Waals surface area contributed by atoms with Gasteiger partial charge < -0.3 is 0 Å². The molecule has 0 atom stereocenters. The first kappa shape index (κ1) is 54.0. The van der Waals surface area contributed by atoms with Crippen LogP contribution in [0.5, 0.6) is 0 Å². The van der Waals surface area contributed by atoms with Crippen LogP contribution in [0.1, 0.15) is 11.1 Å². The summed E-state index contributed by atoms with van der Waals surface area (Å²) in [4.78, 5) is -4.39. The minimum Gasteiger partial charge on any atom is -0.294 e. The third-order valence-corrected chi connectivity index (χ3v) is 9.49. The second-order valence-electron chi connectivity index (χ2n) is 13.4. The van der Waals surface area contributed by atoms with Gasteiger partial charge >= 0.3 is 12.4 Å². The molecular weight excluding hydrogens is 1090 g/mol. The van der Waals surface area contributed by atoms with Crippen LogP contribution in [0, 0.1) is 151 Å². The van der Waals surface area contributed by atoms with Crippen molar-refractivity contribution in [2.75, 3.05) is 9.80 Å². The highest BCUT2D eigenvalue weighted by molar-refractivity contribution is 5.84. The number of anilines is 6. The van der Waals surface area contributed by atoms with E-state index in [1.54, 1.807) is 0 Å². The lowest BCUT2D eigenvalue weighted by Crippen LogP contribution is -2.26. The number of hydrogen-bond donors (Lipinski definition) is 0. The van der Waals surface area contributed by atoms with Gasteiger partial charge in [0.05, 0.1) is 11.1 Å². The van der Waals surface area contributed by atoms with E-state index in [0.717, 1.165) is 0 Å². The molecular formula is C38F32N2. The molecule has 0 aliphatic carbocycles. The summed E-state index contributed by atoms with van der Waals surface area (Å²) in [5.74, 6) is -98.4. The molecule has 0 amide bonds. The van der Waals surface area contributed by atoms with Crippen LogP contribution in [-0.4, -0.2) is 0 Å². The van der Waals surface area contributed by atoms with E-state index in [0.29, 0.717) is 0 Å². The molecule has 0 fully saturated rings. The Balaban J connectivity index is 1.79. The SMILES string of the molecule is Fc1c(F)c(F)c(N(c2c(F)c(F)c(-c3c(F)c(F)c(N(c4c(F)c(F)c(F)c(F)c4F)c4c(F)c(F)c(C(F)(F)F)c(F)c4F)c(F)c3F)c(F)c2F)c2c(F)c(F)c(C(F)(F)F)c(F)c2F)c(F)c1F. The van der Waals surface area contributed by atoms with Crippen molar-refractivity contribution in [2.24, 2.45) is 0 Å². The Morgan fingerprint density at radius 1 is 0.167 bits per heavy atom. The van der Waals surface area contributed by atoms with E-state index in [1.165, 1.54) is 0 Å². The second-order valence-corrected chi connectivity index (χ2v) is 13.4. The fraction of sp³-hybridized carbons (Fsp3) is 0.0526. The van der Waals surface area contributed by atoms with Gasteiger partial charge in [0, 0.05) is 0 Å². The predicted molar refractivity (Wildman–Crippen MR) is 170 cm³/mol. The molecule has 72 heavy (non-hydrogen) atoms. The summed E-state index contributed by atoms with van der Waals surface area (Å²) in [5.41, 5.74) is -36.0. The fourth-order valence-electron chi connectivity index (χ4n) is 6.45. The van der Waals surface area contributed by atoms with E-state index < -0.39 is 230 Å². The third-order valence-electron chi connectivity index (χ3n) is 9.49. The van der Waals surface area contributed by atoms with Gasteiger partial charge in [-0.3, -0.25) is 9.80 Å². The molecule has 386 valence electrons. The van der Waals surface area contributed by atoms with Crippen LogP contribution in [0.2, 0.25) is 0 Å². The highest BCUT2D eigenvalue weighted by Gasteiger charge is 2.49. The molecule has 6 rings (SSSR count). The van der Waals surface area contributed by atoms with Crippen molar-refractivity contribution >= 4 is 34.1 Å². The first-order valence-corrected chi connectivity index (χ1v) is 17.1. The van der Waals surface area contributed by atoms with Gasteiger partial charge in [-0.15, -0.1) is 0 Å². The molecule has 0 unspecified atom stereocenters. The Morgan fingerprint density at radius 3 is 0.444 bits per heavy atom. The fourth-order valence-corrected chi connectivity index (χ4v) is 6.45. The highest BCUT2D eigenvalue weighted by atomic mass is 19.4. The Bertz CT molecular complexity index is 2960. The molecule has 0 heterocycles. The van der Waals surface area contributed by atoms with Crippen LogP contribution in [-0.2, 0) is 12.4 Å². The monoisotopic (exact) mass is 1090 g/mol. The second kappa shape index (κ2) is 17.8. The van der Waals surface area contributed by atoms with Crippen molar-refractivity contribution in [3.63, 3.8) is 0 Å². The minimum absolute atomic E-state index is 2.20. The number of halogens is 32. The minimum atomic E-state index is -6.62. The van der Waals surface area contributed by atoms with E-state index in [-0.39, 0.29) is 0 Å². The van der Waals surface area contributed by atoms with E-state index in [4.69, 9.17) is 0 Å². The molecule has 0 N–H and O–H groups in total. The van der Waals surface area contributed by atoms with Crippen molar-refractivity contribution in [3.8, 4) is 11.1 Å². The lowest BCUT2D eigenvalue weighted by molar-refractivity contribution is -0.144. The first-order valence-electron chi connectivity index (χ1n) is 17.1. The van der Waals surface area contributed by atoms with Crippen molar-refractivity contribution in [2.45, 2.75) is 12.4 Å². The Morgan fingerprint density at radius 2 is 0.292 bits per heavy atom. The molecule has 0 radical (unpaired) electrons. The van der Waals surface area contributed by atoms with E-state index >= 15 is 70.2 Å². The zero-order valence-electron chi connectivity index (χ0n) is 32.0. The Labute approximate surface area is 370 Å².